The van der Waals surface area contributed by atoms with Crippen LogP contribution in [0.25, 0.3) is 0 Å². The van der Waals surface area contributed by atoms with Crippen LogP contribution in [0.2, 0.25) is 0 Å². The second-order valence-electron chi connectivity index (χ2n) is 5.98. The first-order valence-corrected chi connectivity index (χ1v) is 7.04. The fourth-order valence-electron chi connectivity index (χ4n) is 1.65. The van der Waals surface area contributed by atoms with Crippen LogP contribution in [0, 0.1) is 0 Å². The van der Waals surface area contributed by atoms with Crippen LogP contribution in [0.15, 0.2) is 24.3 Å². The summed E-state index contributed by atoms with van der Waals surface area (Å²) in [4.78, 5) is 0. The molecule has 4 nitrogen and oxygen atoms in total. The third-order valence-corrected chi connectivity index (χ3v) is 2.83. The molecule has 0 saturated carbocycles. The molecule has 4 heteroatoms. The van der Waals surface area contributed by atoms with Crippen LogP contribution in [-0.2, 0) is 11.2 Å². The predicted octanol–water partition coefficient (Wildman–Crippen LogP) is 2.00. The minimum Gasteiger partial charge on any atom is -0.491 e. The Bertz CT molecular complexity index is 370. The molecule has 0 aliphatic rings. The monoisotopic (exact) mass is 281 g/mol. The summed E-state index contributed by atoms with van der Waals surface area (Å²) in [5.41, 5.74) is 1.22. The lowest BCUT2D eigenvalue weighted by Crippen LogP contribution is -2.42. The Morgan fingerprint density at radius 1 is 1.20 bits per heavy atom. The van der Waals surface area contributed by atoms with Gasteiger partial charge in [0.1, 0.15) is 18.5 Å². The fourth-order valence-corrected chi connectivity index (χ4v) is 1.65. The van der Waals surface area contributed by atoms with Crippen LogP contribution in [0.3, 0.4) is 0 Å². The number of aliphatic hydroxyl groups excluding tert-OH is 1. The lowest BCUT2D eigenvalue weighted by atomic mass is 10.1. The van der Waals surface area contributed by atoms with E-state index < -0.39 is 6.10 Å². The maximum atomic E-state index is 9.84. The Kier molecular flexibility index (Phi) is 6.99. The number of ether oxygens (including phenoxy) is 2. The Hall–Kier alpha value is -1.10. The smallest absolute Gasteiger partial charge is 0.119 e. The minimum atomic E-state index is -0.512. The van der Waals surface area contributed by atoms with Gasteiger partial charge in [-0.3, -0.25) is 0 Å². The molecule has 1 unspecified atom stereocenters. The molecule has 0 radical (unpaired) electrons. The second kappa shape index (κ2) is 8.25. The van der Waals surface area contributed by atoms with E-state index in [1.807, 2.05) is 24.3 Å². The average Bonchev–Trinajstić information content (AvgIpc) is 2.41. The van der Waals surface area contributed by atoms with Gasteiger partial charge in [-0.2, -0.15) is 0 Å². The van der Waals surface area contributed by atoms with Gasteiger partial charge in [0.05, 0.1) is 6.61 Å². The van der Waals surface area contributed by atoms with E-state index in [2.05, 4.69) is 26.1 Å². The van der Waals surface area contributed by atoms with Crippen molar-refractivity contribution in [2.24, 2.45) is 0 Å². The number of benzene rings is 1. The van der Waals surface area contributed by atoms with Crippen LogP contribution in [-0.4, -0.2) is 43.6 Å². The van der Waals surface area contributed by atoms with Gasteiger partial charge in [-0.1, -0.05) is 12.1 Å². The highest BCUT2D eigenvalue weighted by atomic mass is 16.5. The molecule has 1 aromatic carbocycles. The lowest BCUT2D eigenvalue weighted by Gasteiger charge is -2.23. The van der Waals surface area contributed by atoms with Crippen molar-refractivity contribution in [2.75, 3.05) is 26.9 Å². The molecule has 0 saturated heterocycles. The highest BCUT2D eigenvalue weighted by molar-refractivity contribution is 5.27. The Morgan fingerprint density at radius 2 is 1.85 bits per heavy atom. The molecule has 0 aromatic heterocycles. The molecule has 1 atom stereocenters. The molecule has 0 bridgehead atoms. The van der Waals surface area contributed by atoms with E-state index in [1.54, 1.807) is 7.11 Å². The van der Waals surface area contributed by atoms with Gasteiger partial charge < -0.3 is 19.9 Å². The van der Waals surface area contributed by atoms with Crippen molar-refractivity contribution in [3.63, 3.8) is 0 Å². The summed E-state index contributed by atoms with van der Waals surface area (Å²) in [5.74, 6) is 0.779. The quantitative estimate of drug-likeness (QED) is 0.765. The Balaban J connectivity index is 2.30. The van der Waals surface area contributed by atoms with E-state index in [0.29, 0.717) is 13.2 Å². The first-order valence-electron chi connectivity index (χ1n) is 7.04. The van der Waals surface area contributed by atoms with Gasteiger partial charge in [0, 0.05) is 19.2 Å². The number of methoxy groups -OCH3 is 1. The normalized spacial score (nSPS) is 13.2. The number of aliphatic hydroxyl groups is 1. The third kappa shape index (κ3) is 7.48. The zero-order valence-corrected chi connectivity index (χ0v) is 13.0. The van der Waals surface area contributed by atoms with Gasteiger partial charge in [-0.15, -0.1) is 0 Å². The van der Waals surface area contributed by atoms with E-state index in [0.717, 1.165) is 18.8 Å². The predicted molar refractivity (Wildman–Crippen MR) is 81.3 cm³/mol. The highest BCUT2D eigenvalue weighted by Crippen LogP contribution is 2.13. The first-order chi connectivity index (χ1) is 9.40. The lowest BCUT2D eigenvalue weighted by molar-refractivity contribution is 0.100. The van der Waals surface area contributed by atoms with E-state index in [-0.39, 0.29) is 5.54 Å². The summed E-state index contributed by atoms with van der Waals surface area (Å²) in [6.45, 7) is 7.74. The Labute approximate surface area is 122 Å². The molecule has 114 valence electrons. The largest absolute Gasteiger partial charge is 0.491 e. The van der Waals surface area contributed by atoms with E-state index >= 15 is 0 Å². The molecular formula is C16H27NO3. The molecule has 2 N–H and O–H groups in total. The molecule has 0 aliphatic heterocycles. The van der Waals surface area contributed by atoms with Crippen molar-refractivity contribution < 1.29 is 14.6 Å². The molecular weight excluding hydrogens is 254 g/mol. The molecule has 0 aliphatic carbocycles. The SMILES string of the molecule is COCCc1ccc(OCC(O)CNC(C)(C)C)cc1. The third-order valence-electron chi connectivity index (χ3n) is 2.83. The highest BCUT2D eigenvalue weighted by Gasteiger charge is 2.12. The van der Waals surface area contributed by atoms with Gasteiger partial charge in [0.15, 0.2) is 0 Å². The first kappa shape index (κ1) is 17.0. The summed E-state index contributed by atoms with van der Waals surface area (Å²) < 4.78 is 10.6. The van der Waals surface area contributed by atoms with Gasteiger partial charge in [-0.25, -0.2) is 0 Å². The van der Waals surface area contributed by atoms with Crippen molar-refractivity contribution in [2.45, 2.75) is 38.8 Å². The van der Waals surface area contributed by atoms with Gasteiger partial charge >= 0.3 is 0 Å². The van der Waals surface area contributed by atoms with Gasteiger partial charge in [0.2, 0.25) is 0 Å². The summed E-state index contributed by atoms with van der Waals surface area (Å²) in [6, 6.07) is 7.89. The zero-order valence-electron chi connectivity index (χ0n) is 13.0. The van der Waals surface area contributed by atoms with E-state index in [9.17, 15) is 5.11 Å². The minimum absolute atomic E-state index is 0.00395. The molecule has 0 heterocycles. The van der Waals surface area contributed by atoms with E-state index in [1.165, 1.54) is 5.56 Å². The van der Waals surface area contributed by atoms with Gasteiger partial charge in [-0.05, 0) is 44.9 Å². The molecule has 1 aromatic rings. The molecule has 1 rings (SSSR count). The fraction of sp³-hybridized carbons (Fsp3) is 0.625. The van der Waals surface area contributed by atoms with Crippen molar-refractivity contribution in [3.05, 3.63) is 29.8 Å². The van der Waals surface area contributed by atoms with Gasteiger partial charge in [0.25, 0.3) is 0 Å². The summed E-state index contributed by atoms with van der Waals surface area (Å²) in [6.07, 6.45) is 0.386. The number of β-amino-alcohol motifs (C(OH)–C–C–N with tert-alkyl or cyclic N) is 1. The van der Waals surface area contributed by atoms with Crippen molar-refractivity contribution in [1.82, 2.24) is 5.32 Å². The summed E-state index contributed by atoms with van der Waals surface area (Å²) >= 11 is 0. The van der Waals surface area contributed by atoms with Crippen LogP contribution >= 0.6 is 0 Å². The summed E-state index contributed by atoms with van der Waals surface area (Å²) in [7, 11) is 1.70. The maximum Gasteiger partial charge on any atom is 0.119 e. The average molecular weight is 281 g/mol. The molecule has 0 fully saturated rings. The van der Waals surface area contributed by atoms with E-state index in [4.69, 9.17) is 9.47 Å². The Morgan fingerprint density at radius 3 is 2.40 bits per heavy atom. The van der Waals surface area contributed by atoms with Crippen LogP contribution in [0.5, 0.6) is 5.75 Å². The van der Waals surface area contributed by atoms with Crippen molar-refractivity contribution >= 4 is 0 Å². The maximum absolute atomic E-state index is 9.84. The van der Waals surface area contributed by atoms with Crippen LogP contribution in [0.1, 0.15) is 26.3 Å². The summed E-state index contributed by atoms with van der Waals surface area (Å²) in [5, 5.41) is 13.1. The zero-order chi connectivity index (χ0) is 15.0. The standard InChI is InChI=1S/C16H27NO3/c1-16(2,3)17-11-14(18)12-20-15-7-5-13(6-8-15)9-10-19-4/h5-8,14,17-18H,9-12H2,1-4H3. The topological polar surface area (TPSA) is 50.7 Å². The van der Waals surface area contributed by atoms with Crippen LogP contribution < -0.4 is 10.1 Å². The number of rotatable bonds is 8. The molecule has 20 heavy (non-hydrogen) atoms. The van der Waals surface area contributed by atoms with Crippen LogP contribution in [0.4, 0.5) is 0 Å². The van der Waals surface area contributed by atoms with Crippen molar-refractivity contribution in [1.29, 1.82) is 0 Å². The number of hydrogen-bond acceptors (Lipinski definition) is 4. The van der Waals surface area contributed by atoms with Crippen molar-refractivity contribution in [3.8, 4) is 5.75 Å². The second-order valence-corrected chi connectivity index (χ2v) is 5.98. The number of nitrogens with one attached hydrogen (secondary N) is 1. The molecule has 0 spiro atoms. The molecule has 0 amide bonds. The number of hydrogen-bond donors (Lipinski definition) is 2.